The van der Waals surface area contributed by atoms with Crippen molar-refractivity contribution in [3.63, 3.8) is 0 Å². The molecule has 1 aliphatic heterocycles. The first-order valence-electron chi connectivity index (χ1n) is 9.77. The zero-order valence-electron chi connectivity index (χ0n) is 16.9. The Morgan fingerprint density at radius 1 is 1.32 bits per heavy atom. The van der Waals surface area contributed by atoms with Gasteiger partial charge in [0.15, 0.2) is 17.3 Å². The summed E-state index contributed by atoms with van der Waals surface area (Å²) < 4.78 is 15.9. The van der Waals surface area contributed by atoms with Crippen molar-refractivity contribution >= 4 is 11.9 Å². The zero-order valence-corrected chi connectivity index (χ0v) is 16.9. The second-order valence-corrected chi connectivity index (χ2v) is 7.03. The molecule has 2 aliphatic rings. The van der Waals surface area contributed by atoms with E-state index in [4.69, 9.17) is 24.8 Å². The third-order valence-corrected chi connectivity index (χ3v) is 4.54. The summed E-state index contributed by atoms with van der Waals surface area (Å²) in [7, 11) is 0. The number of nitrogens with zero attached hydrogens (tertiary/aromatic N) is 2. The Hall–Kier alpha value is -3.16. The Morgan fingerprint density at radius 3 is 2.77 bits per heavy atom. The van der Waals surface area contributed by atoms with Gasteiger partial charge in [0.25, 0.3) is 0 Å². The maximum Gasteiger partial charge on any atom is 0.315 e. The maximum absolute atomic E-state index is 12.6. The molecule has 31 heavy (non-hydrogen) atoms. The molecule has 3 unspecified atom stereocenters. The summed E-state index contributed by atoms with van der Waals surface area (Å²) in [5.41, 5.74) is 5.58. The minimum Gasteiger partial charge on any atom is -0.486 e. The number of amides is 3. The lowest BCUT2D eigenvalue weighted by atomic mass is 10.0. The van der Waals surface area contributed by atoms with Gasteiger partial charge in [-0.2, -0.15) is 4.98 Å². The first-order chi connectivity index (χ1) is 14.9. The first kappa shape index (κ1) is 22.5. The van der Waals surface area contributed by atoms with E-state index in [0.29, 0.717) is 31.2 Å². The molecule has 1 saturated heterocycles. The lowest BCUT2D eigenvalue weighted by Gasteiger charge is -2.28. The number of hydrogen-bond donors (Lipinski definition) is 6. The molecule has 2 heterocycles. The SMILES string of the molecule is CC(O)C(NC(=O)NCc1nc([C@@H](N)CO)no1)C(=O)NC1C=C2OCCOC2=CC1. The molecule has 3 amide bonds. The lowest BCUT2D eigenvalue weighted by molar-refractivity contribution is -0.125. The number of carbonyl (C=O) groups excluding carboxylic acids is 2. The fraction of sp³-hybridized carbons (Fsp3) is 0.556. The standard InChI is InChI=1S/C18H26N6O7/c1-9(26)15(17(27)21-10-2-3-12-13(6-10)30-5-4-29-12)23-18(28)20-7-14-22-16(24-31-14)11(19)8-25/h3,6,9-11,15,25-26H,2,4-5,7-8,19H2,1H3,(H,21,27)(H2,20,23,28)/t9?,10?,11-,15?/m0/s1. The summed E-state index contributed by atoms with van der Waals surface area (Å²) in [5, 5.41) is 30.2. The number of aliphatic hydroxyl groups excluding tert-OH is 2. The fourth-order valence-electron chi connectivity index (χ4n) is 2.92. The smallest absolute Gasteiger partial charge is 0.315 e. The van der Waals surface area contributed by atoms with Crippen LogP contribution in [0.25, 0.3) is 0 Å². The summed E-state index contributed by atoms with van der Waals surface area (Å²) in [5.74, 6) is 0.812. The maximum atomic E-state index is 12.6. The molecule has 7 N–H and O–H groups in total. The minimum absolute atomic E-state index is 0.0678. The van der Waals surface area contributed by atoms with Crippen molar-refractivity contribution in [1.29, 1.82) is 0 Å². The van der Waals surface area contributed by atoms with Crippen molar-refractivity contribution < 1.29 is 33.8 Å². The van der Waals surface area contributed by atoms with Crippen LogP contribution in [0, 0.1) is 0 Å². The van der Waals surface area contributed by atoms with E-state index >= 15 is 0 Å². The highest BCUT2D eigenvalue weighted by atomic mass is 16.6. The summed E-state index contributed by atoms with van der Waals surface area (Å²) in [6.45, 7) is 1.80. The normalized spacial score (nSPS) is 20.6. The molecule has 13 heteroatoms. The first-order valence-corrected chi connectivity index (χ1v) is 9.77. The second kappa shape index (κ2) is 10.2. The second-order valence-electron chi connectivity index (χ2n) is 7.03. The Balaban J connectivity index is 1.51. The number of urea groups is 1. The van der Waals surface area contributed by atoms with Gasteiger partial charge in [0.2, 0.25) is 11.8 Å². The highest BCUT2D eigenvalue weighted by Crippen LogP contribution is 2.24. The Labute approximate surface area is 177 Å². The molecular weight excluding hydrogens is 412 g/mol. The van der Waals surface area contributed by atoms with Gasteiger partial charge in [0, 0.05) is 0 Å². The topological polar surface area (TPSA) is 194 Å². The highest BCUT2D eigenvalue weighted by Gasteiger charge is 2.29. The Kier molecular flexibility index (Phi) is 7.44. The molecule has 0 radical (unpaired) electrons. The number of hydrogen-bond acceptors (Lipinski definition) is 10. The number of fused-ring (bicyclic) bond motifs is 1. The molecule has 0 spiro atoms. The summed E-state index contributed by atoms with van der Waals surface area (Å²) >= 11 is 0. The van der Waals surface area contributed by atoms with Crippen LogP contribution in [-0.4, -0.2) is 70.3 Å². The number of ether oxygens (including phenoxy) is 2. The van der Waals surface area contributed by atoms with Crippen LogP contribution in [0.15, 0.2) is 28.2 Å². The van der Waals surface area contributed by atoms with E-state index in [9.17, 15) is 14.7 Å². The van der Waals surface area contributed by atoms with E-state index in [-0.39, 0.29) is 30.9 Å². The molecular formula is C18H26N6O7. The van der Waals surface area contributed by atoms with E-state index < -0.39 is 30.1 Å². The fourth-order valence-corrected chi connectivity index (χ4v) is 2.92. The predicted molar refractivity (Wildman–Crippen MR) is 104 cm³/mol. The van der Waals surface area contributed by atoms with Gasteiger partial charge in [-0.3, -0.25) is 4.79 Å². The zero-order chi connectivity index (χ0) is 22.4. The van der Waals surface area contributed by atoms with E-state index in [2.05, 4.69) is 26.1 Å². The average molecular weight is 438 g/mol. The predicted octanol–water partition coefficient (Wildman–Crippen LogP) is -1.69. The number of rotatable bonds is 8. The summed E-state index contributed by atoms with van der Waals surface area (Å²) in [6.07, 6.45) is 2.89. The van der Waals surface area contributed by atoms with Crippen molar-refractivity contribution in [2.45, 2.75) is 44.1 Å². The third kappa shape index (κ3) is 5.93. The van der Waals surface area contributed by atoms with Gasteiger partial charge in [0.1, 0.15) is 19.3 Å². The Bertz CT molecular complexity index is 852. The van der Waals surface area contributed by atoms with Gasteiger partial charge < -0.3 is 45.9 Å². The van der Waals surface area contributed by atoms with Gasteiger partial charge in [-0.1, -0.05) is 5.16 Å². The van der Waals surface area contributed by atoms with Gasteiger partial charge in [-0.05, 0) is 25.5 Å². The monoisotopic (exact) mass is 438 g/mol. The van der Waals surface area contributed by atoms with E-state index in [1.807, 2.05) is 6.08 Å². The van der Waals surface area contributed by atoms with Gasteiger partial charge in [-0.25, -0.2) is 4.79 Å². The number of nitrogens with one attached hydrogen (secondary N) is 3. The van der Waals surface area contributed by atoms with Crippen molar-refractivity contribution in [3.8, 4) is 0 Å². The minimum atomic E-state index is -1.20. The van der Waals surface area contributed by atoms with Gasteiger partial charge >= 0.3 is 6.03 Å². The van der Waals surface area contributed by atoms with E-state index in [0.717, 1.165) is 0 Å². The lowest BCUT2D eigenvalue weighted by Crippen LogP contribution is -2.56. The van der Waals surface area contributed by atoms with Crippen LogP contribution >= 0.6 is 0 Å². The van der Waals surface area contributed by atoms with Crippen LogP contribution in [0.2, 0.25) is 0 Å². The molecule has 4 atom stereocenters. The summed E-state index contributed by atoms with van der Waals surface area (Å²) in [6, 6.07) is -3.08. The average Bonchev–Trinajstić information content (AvgIpc) is 3.24. The van der Waals surface area contributed by atoms with Gasteiger partial charge in [0.05, 0.1) is 31.3 Å². The Morgan fingerprint density at radius 2 is 2.06 bits per heavy atom. The molecule has 1 aliphatic carbocycles. The van der Waals surface area contributed by atoms with Crippen molar-refractivity contribution in [3.05, 3.63) is 35.4 Å². The van der Waals surface area contributed by atoms with Crippen molar-refractivity contribution in [2.75, 3.05) is 19.8 Å². The number of nitrogens with two attached hydrogens (primary N) is 1. The van der Waals surface area contributed by atoms with Crippen LogP contribution in [-0.2, 0) is 20.8 Å². The molecule has 0 aromatic carbocycles. The van der Waals surface area contributed by atoms with E-state index in [1.54, 1.807) is 6.08 Å². The molecule has 1 fully saturated rings. The molecule has 0 bridgehead atoms. The highest BCUT2D eigenvalue weighted by molar-refractivity contribution is 5.87. The molecule has 0 saturated carbocycles. The van der Waals surface area contributed by atoms with Crippen molar-refractivity contribution in [1.82, 2.24) is 26.1 Å². The number of aromatic nitrogens is 2. The number of aliphatic hydroxyl groups is 2. The largest absolute Gasteiger partial charge is 0.486 e. The van der Waals surface area contributed by atoms with Crippen LogP contribution in [0.3, 0.4) is 0 Å². The quantitative estimate of drug-likeness (QED) is 0.273. The summed E-state index contributed by atoms with van der Waals surface area (Å²) in [4.78, 5) is 28.8. The third-order valence-electron chi connectivity index (χ3n) is 4.54. The van der Waals surface area contributed by atoms with Crippen LogP contribution < -0.4 is 21.7 Å². The molecule has 3 rings (SSSR count). The van der Waals surface area contributed by atoms with Crippen LogP contribution in [0.5, 0.6) is 0 Å². The van der Waals surface area contributed by atoms with Gasteiger partial charge in [-0.15, -0.1) is 0 Å². The molecule has 13 nitrogen and oxygen atoms in total. The van der Waals surface area contributed by atoms with Crippen molar-refractivity contribution in [2.24, 2.45) is 5.73 Å². The van der Waals surface area contributed by atoms with E-state index in [1.165, 1.54) is 6.92 Å². The molecule has 170 valence electrons. The molecule has 1 aromatic rings. The molecule has 1 aromatic heterocycles. The number of carbonyl (C=O) groups is 2. The van der Waals surface area contributed by atoms with Crippen LogP contribution in [0.4, 0.5) is 4.79 Å². The van der Waals surface area contributed by atoms with Crippen LogP contribution in [0.1, 0.15) is 31.1 Å².